The van der Waals surface area contributed by atoms with Crippen LogP contribution in [0.1, 0.15) is 0 Å². The van der Waals surface area contributed by atoms with Gasteiger partial charge in [-0.3, -0.25) is 0 Å². The van der Waals surface area contributed by atoms with Crippen molar-refractivity contribution in [2.75, 3.05) is 0 Å². The van der Waals surface area contributed by atoms with Crippen molar-refractivity contribution in [1.82, 2.24) is 19.5 Å². The van der Waals surface area contributed by atoms with Gasteiger partial charge >= 0.3 is 0 Å². The second kappa shape index (κ2) is 11.7. The Morgan fingerprint density at radius 1 is 0.436 bits per heavy atom. The predicted molar refractivity (Wildman–Crippen MR) is 228 cm³/mol. The first-order chi connectivity index (χ1) is 27.3. The van der Waals surface area contributed by atoms with Gasteiger partial charge in [0.05, 0.1) is 27.7 Å². The predicted octanol–water partition coefficient (Wildman–Crippen LogP) is 13.4. The minimum absolute atomic E-state index is 0.559. The highest BCUT2D eigenvalue weighted by Gasteiger charge is 2.24. The molecule has 0 atom stereocenters. The molecule has 5 nitrogen and oxygen atoms in total. The molecule has 12 rings (SSSR count). The van der Waals surface area contributed by atoms with E-state index >= 15 is 0 Å². The molecule has 12 aromatic rings. The fourth-order valence-electron chi connectivity index (χ4n) is 8.38. The van der Waals surface area contributed by atoms with Gasteiger partial charge in [-0.2, -0.15) is 0 Å². The molecule has 0 amide bonds. The third kappa shape index (κ3) is 4.55. The highest BCUT2D eigenvalue weighted by atomic mass is 32.1. The van der Waals surface area contributed by atoms with Crippen LogP contribution in [0.25, 0.3) is 115 Å². The largest absolute Gasteiger partial charge is 0.455 e. The first-order valence-electron chi connectivity index (χ1n) is 18.4. The van der Waals surface area contributed by atoms with Crippen LogP contribution in [0.5, 0.6) is 0 Å². The molecule has 55 heavy (non-hydrogen) atoms. The maximum atomic E-state index is 6.87. The van der Waals surface area contributed by atoms with Crippen LogP contribution in [0, 0.1) is 0 Å². The normalized spacial score (nSPS) is 12.0. The number of aromatic nitrogens is 4. The topological polar surface area (TPSA) is 56.7 Å². The monoisotopic (exact) mass is 720 g/mol. The Morgan fingerprint density at radius 2 is 1.11 bits per heavy atom. The highest BCUT2D eigenvalue weighted by molar-refractivity contribution is 7.25. The SMILES string of the molecule is c1ccc(-c2nc(-c3ccc(-n4c5ccccc5c5cc6ccccc6cc54)c4c3oc3ccccc34)nc(-c3cccc4sc5ccccc5c34)n2)cc1. The van der Waals surface area contributed by atoms with E-state index in [9.17, 15) is 0 Å². The molecule has 0 aliphatic rings. The summed E-state index contributed by atoms with van der Waals surface area (Å²) >= 11 is 1.79. The lowest BCUT2D eigenvalue weighted by molar-refractivity contribution is 0.669. The fraction of sp³-hybridized carbons (Fsp3) is 0. The van der Waals surface area contributed by atoms with Crippen molar-refractivity contribution in [2.24, 2.45) is 0 Å². The van der Waals surface area contributed by atoms with Crippen LogP contribution in [0.15, 0.2) is 174 Å². The van der Waals surface area contributed by atoms with Gasteiger partial charge in [0, 0.05) is 47.5 Å². The van der Waals surface area contributed by atoms with Gasteiger partial charge in [-0.25, -0.2) is 15.0 Å². The molecule has 0 fully saturated rings. The zero-order valence-corrected chi connectivity index (χ0v) is 30.1. The molecular weight excluding hydrogens is 693 g/mol. The van der Waals surface area contributed by atoms with Crippen LogP contribution >= 0.6 is 11.3 Å². The summed E-state index contributed by atoms with van der Waals surface area (Å²) in [4.78, 5) is 15.6. The van der Waals surface area contributed by atoms with Crippen LogP contribution in [0.4, 0.5) is 0 Å². The van der Waals surface area contributed by atoms with Gasteiger partial charge in [-0.05, 0) is 59.3 Å². The molecule has 0 saturated carbocycles. The Balaban J connectivity index is 1.17. The summed E-state index contributed by atoms with van der Waals surface area (Å²) < 4.78 is 11.7. The molecule has 8 aromatic carbocycles. The van der Waals surface area contributed by atoms with Crippen molar-refractivity contribution in [3.05, 3.63) is 170 Å². The molecule has 0 saturated heterocycles. The maximum absolute atomic E-state index is 6.87. The molecule has 0 aliphatic carbocycles. The lowest BCUT2D eigenvalue weighted by Gasteiger charge is -2.13. The van der Waals surface area contributed by atoms with Crippen LogP contribution in [-0.2, 0) is 0 Å². The van der Waals surface area contributed by atoms with E-state index in [4.69, 9.17) is 19.4 Å². The number of furan rings is 1. The van der Waals surface area contributed by atoms with Crippen LogP contribution in [-0.4, -0.2) is 19.5 Å². The summed E-state index contributed by atoms with van der Waals surface area (Å²) in [6.45, 7) is 0. The Bertz CT molecular complexity index is 3500. The minimum Gasteiger partial charge on any atom is -0.455 e. The van der Waals surface area contributed by atoms with Gasteiger partial charge in [-0.1, -0.05) is 121 Å². The first kappa shape index (κ1) is 30.3. The molecule has 0 aliphatic heterocycles. The summed E-state index contributed by atoms with van der Waals surface area (Å²) in [6, 6.07) is 59.6. The van der Waals surface area contributed by atoms with E-state index in [0.717, 1.165) is 60.7 Å². The number of fused-ring (bicyclic) bond motifs is 10. The summed E-state index contributed by atoms with van der Waals surface area (Å²) in [7, 11) is 0. The second-order valence-electron chi connectivity index (χ2n) is 14.0. The molecule has 4 aromatic heterocycles. The van der Waals surface area contributed by atoms with Gasteiger partial charge in [0.1, 0.15) is 11.2 Å². The quantitative estimate of drug-likeness (QED) is 0.182. The molecule has 0 bridgehead atoms. The third-order valence-electron chi connectivity index (χ3n) is 10.8. The highest BCUT2D eigenvalue weighted by Crippen LogP contribution is 2.44. The van der Waals surface area contributed by atoms with E-state index in [1.54, 1.807) is 11.3 Å². The first-order valence-corrected chi connectivity index (χ1v) is 19.2. The van der Waals surface area contributed by atoms with Crippen molar-refractivity contribution >= 4 is 86.0 Å². The molecule has 0 radical (unpaired) electrons. The zero-order chi connectivity index (χ0) is 36.0. The Hall–Kier alpha value is -7.15. The molecule has 0 unspecified atom stereocenters. The number of benzene rings is 8. The Morgan fingerprint density at radius 3 is 1.98 bits per heavy atom. The summed E-state index contributed by atoms with van der Waals surface area (Å²) in [5, 5.41) is 9.24. The van der Waals surface area contributed by atoms with Gasteiger partial charge in [0.25, 0.3) is 0 Å². The summed E-state index contributed by atoms with van der Waals surface area (Å²) in [5.41, 5.74) is 7.57. The van der Waals surface area contributed by atoms with Crippen molar-refractivity contribution < 1.29 is 4.42 Å². The van der Waals surface area contributed by atoms with E-state index < -0.39 is 0 Å². The van der Waals surface area contributed by atoms with Crippen molar-refractivity contribution in [3.8, 4) is 39.9 Å². The smallest absolute Gasteiger partial charge is 0.167 e. The summed E-state index contributed by atoms with van der Waals surface area (Å²) in [5.74, 6) is 1.80. The van der Waals surface area contributed by atoms with Crippen molar-refractivity contribution in [1.29, 1.82) is 0 Å². The molecule has 6 heteroatoms. The van der Waals surface area contributed by atoms with E-state index in [1.165, 1.54) is 36.3 Å². The standard InChI is InChI=1S/C49H28N4OS/c1-2-13-29(14-3-1)47-50-48(35-20-12-24-43-44(35)34-19-8-11-23-42(34)55-43)52-49(51-47)36-25-26-39(45-33-18-7-10-22-41(33)54-46(36)45)53-38-21-9-6-17-32(38)37-27-30-15-4-5-16-31(30)28-40(37)53/h1-28H. The maximum Gasteiger partial charge on any atom is 0.167 e. The second-order valence-corrected chi connectivity index (χ2v) is 15.0. The average Bonchev–Trinajstić information content (AvgIpc) is 3.93. The van der Waals surface area contributed by atoms with Crippen molar-refractivity contribution in [3.63, 3.8) is 0 Å². The van der Waals surface area contributed by atoms with Gasteiger partial charge in [-0.15, -0.1) is 11.3 Å². The third-order valence-corrected chi connectivity index (χ3v) is 12.0. The number of hydrogen-bond donors (Lipinski definition) is 0. The molecule has 256 valence electrons. The molecule has 0 spiro atoms. The van der Waals surface area contributed by atoms with E-state index in [2.05, 4.69) is 144 Å². The van der Waals surface area contributed by atoms with E-state index in [0.29, 0.717) is 17.5 Å². The molecule has 4 heterocycles. The molecular formula is C49H28N4OS. The number of rotatable bonds is 4. The number of para-hydroxylation sites is 2. The average molecular weight is 721 g/mol. The van der Waals surface area contributed by atoms with Crippen molar-refractivity contribution in [2.45, 2.75) is 0 Å². The van der Waals surface area contributed by atoms with Crippen LogP contribution in [0.2, 0.25) is 0 Å². The lowest BCUT2D eigenvalue weighted by atomic mass is 10.0. The summed E-state index contributed by atoms with van der Waals surface area (Å²) in [6.07, 6.45) is 0. The fourth-order valence-corrected chi connectivity index (χ4v) is 9.51. The Labute approximate surface area is 318 Å². The van der Waals surface area contributed by atoms with E-state index in [1.807, 2.05) is 30.3 Å². The minimum atomic E-state index is 0.559. The van der Waals surface area contributed by atoms with Gasteiger partial charge < -0.3 is 8.98 Å². The zero-order valence-electron chi connectivity index (χ0n) is 29.3. The van der Waals surface area contributed by atoms with Crippen LogP contribution in [0.3, 0.4) is 0 Å². The van der Waals surface area contributed by atoms with Gasteiger partial charge in [0.2, 0.25) is 0 Å². The van der Waals surface area contributed by atoms with E-state index in [-0.39, 0.29) is 0 Å². The number of nitrogens with zero attached hydrogens (tertiary/aromatic N) is 4. The molecule has 0 N–H and O–H groups in total. The van der Waals surface area contributed by atoms with Crippen LogP contribution < -0.4 is 0 Å². The lowest BCUT2D eigenvalue weighted by Crippen LogP contribution is -2.01. The number of thiophene rings is 1. The number of hydrogen-bond acceptors (Lipinski definition) is 5. The van der Waals surface area contributed by atoms with Gasteiger partial charge in [0.15, 0.2) is 17.5 Å². The Kier molecular flexibility index (Phi) is 6.44.